The molecule has 0 fully saturated rings. The Morgan fingerprint density at radius 1 is 1.13 bits per heavy atom. The minimum Gasteiger partial charge on any atom is -0.321 e. The van der Waals surface area contributed by atoms with Crippen molar-refractivity contribution < 1.29 is 4.79 Å². The maximum atomic E-state index is 12.2. The maximum Gasteiger partial charge on any atom is 0.266 e. The van der Waals surface area contributed by atoms with Gasteiger partial charge in [0, 0.05) is 10.2 Å². The van der Waals surface area contributed by atoms with E-state index in [2.05, 4.69) is 35.1 Å². The molecule has 2 rings (SSSR count). The van der Waals surface area contributed by atoms with Gasteiger partial charge in [-0.25, -0.2) is 0 Å². The van der Waals surface area contributed by atoms with Crippen LogP contribution in [0.3, 0.4) is 0 Å². The number of carbonyl (C=O) groups is 1. The molecule has 116 valence electrons. The summed E-state index contributed by atoms with van der Waals surface area (Å²) in [6.45, 7) is 4.24. The Hall–Kier alpha value is -2.38. The van der Waals surface area contributed by atoms with Gasteiger partial charge in [-0.1, -0.05) is 54.0 Å². The molecule has 0 unspecified atom stereocenters. The zero-order valence-electron chi connectivity index (χ0n) is 13.0. The van der Waals surface area contributed by atoms with Gasteiger partial charge >= 0.3 is 0 Å². The third-order valence-corrected chi connectivity index (χ3v) is 3.91. The summed E-state index contributed by atoms with van der Waals surface area (Å²) in [7, 11) is 0. The fraction of sp³-hybridized carbons (Fsp3) is 0.158. The molecule has 0 aliphatic heterocycles. The first kappa shape index (κ1) is 17.0. The van der Waals surface area contributed by atoms with Crippen LogP contribution in [0, 0.1) is 11.3 Å². The van der Waals surface area contributed by atoms with Crippen molar-refractivity contribution in [3.63, 3.8) is 0 Å². The molecule has 2 aromatic rings. The highest BCUT2D eigenvalue weighted by atomic mass is 79.9. The van der Waals surface area contributed by atoms with E-state index in [1.807, 2.05) is 42.5 Å². The minimum absolute atomic E-state index is 0.0743. The van der Waals surface area contributed by atoms with Crippen molar-refractivity contribution in [1.29, 1.82) is 5.26 Å². The average molecular weight is 369 g/mol. The van der Waals surface area contributed by atoms with Crippen molar-refractivity contribution in [2.24, 2.45) is 0 Å². The standard InChI is InChI=1S/C19H17BrN2O/c1-13(2)15-5-3-14(4-6-15)11-16(12-21)19(23)22-18-9-7-17(20)8-10-18/h3-11,13H,1-2H3,(H,22,23)/b16-11-. The highest BCUT2D eigenvalue weighted by Gasteiger charge is 2.09. The number of amides is 1. The summed E-state index contributed by atoms with van der Waals surface area (Å²) in [4.78, 5) is 12.2. The van der Waals surface area contributed by atoms with Crippen molar-refractivity contribution in [3.05, 3.63) is 69.7 Å². The lowest BCUT2D eigenvalue weighted by atomic mass is 10.0. The number of rotatable bonds is 4. The number of nitrogens with one attached hydrogen (secondary N) is 1. The first-order chi connectivity index (χ1) is 11.0. The second kappa shape index (κ2) is 7.75. The van der Waals surface area contributed by atoms with E-state index in [4.69, 9.17) is 0 Å². The van der Waals surface area contributed by atoms with Crippen LogP contribution >= 0.6 is 15.9 Å². The molecule has 0 heterocycles. The molecular formula is C19H17BrN2O. The van der Waals surface area contributed by atoms with Gasteiger partial charge in [0.05, 0.1) is 0 Å². The van der Waals surface area contributed by atoms with Gasteiger partial charge < -0.3 is 5.32 Å². The summed E-state index contributed by atoms with van der Waals surface area (Å²) < 4.78 is 0.928. The topological polar surface area (TPSA) is 52.9 Å². The molecule has 4 heteroatoms. The Morgan fingerprint density at radius 3 is 2.26 bits per heavy atom. The van der Waals surface area contributed by atoms with E-state index in [9.17, 15) is 10.1 Å². The Bertz CT molecular complexity index is 753. The van der Waals surface area contributed by atoms with Crippen molar-refractivity contribution in [2.75, 3.05) is 5.32 Å². The zero-order valence-corrected chi connectivity index (χ0v) is 14.6. The van der Waals surface area contributed by atoms with Crippen LogP contribution in [0.5, 0.6) is 0 Å². The third-order valence-electron chi connectivity index (χ3n) is 3.38. The number of carbonyl (C=O) groups excluding carboxylic acids is 1. The molecule has 0 spiro atoms. The Morgan fingerprint density at radius 2 is 1.74 bits per heavy atom. The van der Waals surface area contributed by atoms with Crippen LogP contribution < -0.4 is 5.32 Å². The SMILES string of the molecule is CC(C)c1ccc(/C=C(/C#N)C(=O)Nc2ccc(Br)cc2)cc1. The van der Waals surface area contributed by atoms with Gasteiger partial charge in [-0.15, -0.1) is 0 Å². The molecular weight excluding hydrogens is 352 g/mol. The molecule has 0 radical (unpaired) electrons. The zero-order chi connectivity index (χ0) is 16.8. The average Bonchev–Trinajstić information content (AvgIpc) is 2.55. The summed E-state index contributed by atoms with van der Waals surface area (Å²) in [5.74, 6) is 0.0342. The predicted octanol–water partition coefficient (Wildman–Crippen LogP) is 5.12. The number of nitrogens with zero attached hydrogens (tertiary/aromatic N) is 1. The lowest BCUT2D eigenvalue weighted by molar-refractivity contribution is -0.112. The second-order valence-electron chi connectivity index (χ2n) is 5.45. The fourth-order valence-corrected chi connectivity index (χ4v) is 2.29. The molecule has 1 N–H and O–H groups in total. The van der Waals surface area contributed by atoms with Crippen LogP contribution in [0.15, 0.2) is 58.6 Å². The molecule has 0 aliphatic rings. The maximum absolute atomic E-state index is 12.2. The van der Waals surface area contributed by atoms with Gasteiger partial charge in [0.15, 0.2) is 0 Å². The summed E-state index contributed by atoms with van der Waals surface area (Å²) in [5.41, 5.74) is 2.77. The minimum atomic E-state index is -0.414. The quantitative estimate of drug-likeness (QED) is 0.601. The van der Waals surface area contributed by atoms with Gasteiger partial charge in [-0.3, -0.25) is 4.79 Å². The first-order valence-corrected chi connectivity index (χ1v) is 8.07. The second-order valence-corrected chi connectivity index (χ2v) is 6.37. The van der Waals surface area contributed by atoms with E-state index >= 15 is 0 Å². The van der Waals surface area contributed by atoms with E-state index in [0.29, 0.717) is 11.6 Å². The van der Waals surface area contributed by atoms with Crippen molar-refractivity contribution in [3.8, 4) is 6.07 Å². The number of benzene rings is 2. The van der Waals surface area contributed by atoms with E-state index < -0.39 is 5.91 Å². The van der Waals surface area contributed by atoms with E-state index in [1.54, 1.807) is 18.2 Å². The number of nitriles is 1. The normalized spacial score (nSPS) is 11.2. The molecule has 0 atom stereocenters. The van der Waals surface area contributed by atoms with Crippen molar-refractivity contribution in [1.82, 2.24) is 0 Å². The lowest BCUT2D eigenvalue weighted by Gasteiger charge is -2.06. The first-order valence-electron chi connectivity index (χ1n) is 7.28. The number of anilines is 1. The van der Waals surface area contributed by atoms with Crippen LogP contribution in [0.2, 0.25) is 0 Å². The van der Waals surface area contributed by atoms with E-state index in [-0.39, 0.29) is 5.57 Å². The van der Waals surface area contributed by atoms with E-state index in [1.165, 1.54) is 5.56 Å². The molecule has 0 aromatic heterocycles. The van der Waals surface area contributed by atoms with Crippen LogP contribution in [0.1, 0.15) is 30.9 Å². The van der Waals surface area contributed by atoms with Gasteiger partial charge in [-0.2, -0.15) is 5.26 Å². The van der Waals surface area contributed by atoms with Gasteiger partial charge in [0.1, 0.15) is 11.6 Å². The van der Waals surface area contributed by atoms with Gasteiger partial charge in [-0.05, 0) is 47.4 Å². The van der Waals surface area contributed by atoms with E-state index in [0.717, 1.165) is 10.0 Å². The highest BCUT2D eigenvalue weighted by molar-refractivity contribution is 9.10. The molecule has 0 saturated heterocycles. The van der Waals surface area contributed by atoms with Crippen LogP contribution in [0.25, 0.3) is 6.08 Å². The fourth-order valence-electron chi connectivity index (χ4n) is 2.02. The van der Waals surface area contributed by atoms with Crippen LogP contribution in [-0.2, 0) is 4.79 Å². The summed E-state index contributed by atoms with van der Waals surface area (Å²) in [6.07, 6.45) is 1.60. The highest BCUT2D eigenvalue weighted by Crippen LogP contribution is 2.18. The van der Waals surface area contributed by atoms with Crippen molar-refractivity contribution >= 4 is 33.6 Å². The number of hydrogen-bond donors (Lipinski definition) is 1. The predicted molar refractivity (Wildman–Crippen MR) is 96.9 cm³/mol. The Balaban J connectivity index is 2.16. The summed E-state index contributed by atoms with van der Waals surface area (Å²) >= 11 is 3.34. The third kappa shape index (κ3) is 4.80. The molecule has 2 aromatic carbocycles. The Labute approximate surface area is 144 Å². The molecule has 0 aliphatic carbocycles. The molecule has 0 bridgehead atoms. The monoisotopic (exact) mass is 368 g/mol. The van der Waals surface area contributed by atoms with Gasteiger partial charge in [0.25, 0.3) is 5.91 Å². The molecule has 3 nitrogen and oxygen atoms in total. The van der Waals surface area contributed by atoms with Gasteiger partial charge in [0.2, 0.25) is 0 Å². The Kier molecular flexibility index (Phi) is 5.72. The van der Waals surface area contributed by atoms with Crippen LogP contribution in [0.4, 0.5) is 5.69 Å². The summed E-state index contributed by atoms with van der Waals surface area (Å²) in [5, 5.41) is 12.0. The number of hydrogen-bond acceptors (Lipinski definition) is 2. The smallest absolute Gasteiger partial charge is 0.266 e. The molecule has 1 amide bonds. The largest absolute Gasteiger partial charge is 0.321 e. The van der Waals surface area contributed by atoms with Crippen LogP contribution in [-0.4, -0.2) is 5.91 Å². The lowest BCUT2D eigenvalue weighted by Crippen LogP contribution is -2.13. The summed E-state index contributed by atoms with van der Waals surface area (Å²) in [6, 6.07) is 17.0. The molecule has 23 heavy (non-hydrogen) atoms. The molecule has 0 saturated carbocycles. The van der Waals surface area contributed by atoms with Crippen molar-refractivity contribution in [2.45, 2.75) is 19.8 Å². The number of halogens is 1.